The first-order valence-corrected chi connectivity index (χ1v) is 7.17. The van der Waals surface area contributed by atoms with Crippen LogP contribution in [-0.4, -0.2) is 0 Å². The summed E-state index contributed by atoms with van der Waals surface area (Å²) in [4.78, 5) is 0. The molecule has 1 aliphatic carbocycles. The van der Waals surface area contributed by atoms with Gasteiger partial charge in [-0.2, -0.15) is 18.2 Å². The van der Waals surface area contributed by atoms with Gasteiger partial charge in [0.25, 0.3) is 0 Å². The van der Waals surface area contributed by atoms with Gasteiger partial charge in [-0.25, -0.2) is 12.1 Å². The molecule has 2 aromatic carbocycles. The molecular formula is C20H16FeO2. The molecule has 0 saturated carbocycles. The molecule has 4 rings (SSSR count). The van der Waals surface area contributed by atoms with E-state index in [4.69, 9.17) is 4.74 Å². The monoisotopic (exact) mass is 344 g/mol. The predicted molar refractivity (Wildman–Crippen MR) is 87.1 cm³/mol. The molecule has 23 heavy (non-hydrogen) atoms. The molecule has 0 fully saturated rings. The number of hydrogen-bond acceptors (Lipinski definition) is 2. The fourth-order valence-corrected chi connectivity index (χ4v) is 2.27. The number of benzene rings is 1. The number of fused-ring (bicyclic) bond motifs is 1. The molecule has 0 amide bonds. The van der Waals surface area contributed by atoms with Crippen molar-refractivity contribution in [2.45, 2.75) is 6.92 Å². The van der Waals surface area contributed by atoms with Crippen LogP contribution in [0.25, 0.3) is 5.76 Å². The molecule has 1 heterocycles. The van der Waals surface area contributed by atoms with Gasteiger partial charge in [0.1, 0.15) is 11.5 Å². The fraction of sp³-hybridized carbons (Fsp3) is 0.0500. The molecule has 0 unspecified atom stereocenters. The van der Waals surface area contributed by atoms with E-state index in [2.05, 4.69) is 0 Å². The standard InChI is InChI=1S/C15H12O2.C5H5.Fe/c1-10-6-7-14-12(8-10)13(16)9-15(17-14)11-4-2-3-5-11;1-2-4-5-3-1;/h2-9,16H,1H3;1-5H;/q;-1;+2/p-1. The van der Waals surface area contributed by atoms with Gasteiger partial charge in [0.2, 0.25) is 0 Å². The maximum atomic E-state index is 12.0. The van der Waals surface area contributed by atoms with Crippen LogP contribution in [0.3, 0.4) is 0 Å². The number of aryl methyl sites for hydroxylation is 1. The first kappa shape index (κ1) is 17.0. The zero-order chi connectivity index (χ0) is 15.4. The first-order valence-electron chi connectivity index (χ1n) is 7.17. The van der Waals surface area contributed by atoms with Gasteiger partial charge in [-0.15, -0.1) is 0 Å². The molecule has 0 spiro atoms. The quantitative estimate of drug-likeness (QED) is 0.537. The molecule has 2 aliphatic rings. The smallest absolute Gasteiger partial charge is 0.872 e. The molecule has 0 atom stereocenters. The van der Waals surface area contributed by atoms with Gasteiger partial charge in [-0.05, 0) is 25.1 Å². The van der Waals surface area contributed by atoms with Gasteiger partial charge in [-0.3, -0.25) is 0 Å². The third-order valence-corrected chi connectivity index (χ3v) is 3.39. The summed E-state index contributed by atoms with van der Waals surface area (Å²) in [5.74, 6) is 1.27. The molecule has 0 bridgehead atoms. The van der Waals surface area contributed by atoms with Crippen LogP contribution < -0.4 is 9.84 Å². The van der Waals surface area contributed by atoms with Crippen LogP contribution in [0.4, 0.5) is 0 Å². The van der Waals surface area contributed by atoms with E-state index in [1.54, 1.807) is 6.08 Å². The van der Waals surface area contributed by atoms with Crippen molar-refractivity contribution in [2.24, 2.45) is 0 Å². The van der Waals surface area contributed by atoms with Crippen LogP contribution in [0.5, 0.6) is 5.75 Å². The maximum absolute atomic E-state index is 12.0. The first-order chi connectivity index (χ1) is 10.7. The van der Waals surface area contributed by atoms with Crippen molar-refractivity contribution in [1.82, 2.24) is 0 Å². The Morgan fingerprint density at radius 1 is 1.04 bits per heavy atom. The van der Waals surface area contributed by atoms with E-state index in [1.807, 2.05) is 79.8 Å². The summed E-state index contributed by atoms with van der Waals surface area (Å²) in [6, 6.07) is 15.6. The Kier molecular flexibility index (Phi) is 5.75. The van der Waals surface area contributed by atoms with Crippen molar-refractivity contribution < 1.29 is 26.9 Å². The predicted octanol–water partition coefficient (Wildman–Crippen LogP) is 3.87. The molecule has 0 radical (unpaired) electrons. The Morgan fingerprint density at radius 3 is 2.35 bits per heavy atom. The van der Waals surface area contributed by atoms with E-state index in [9.17, 15) is 5.11 Å². The van der Waals surface area contributed by atoms with Crippen molar-refractivity contribution in [3.05, 3.63) is 101 Å². The summed E-state index contributed by atoms with van der Waals surface area (Å²) in [7, 11) is 0. The van der Waals surface area contributed by atoms with Crippen LogP contribution in [0.15, 0.2) is 90.2 Å². The number of ether oxygens (including phenoxy) is 1. The molecule has 3 heteroatoms. The third-order valence-electron chi connectivity index (χ3n) is 3.39. The summed E-state index contributed by atoms with van der Waals surface area (Å²) in [6.45, 7) is 1.96. The largest absolute Gasteiger partial charge is 2.00 e. The van der Waals surface area contributed by atoms with Crippen molar-refractivity contribution in [3.8, 4) is 5.75 Å². The number of allylic oxidation sites excluding steroid dienone is 6. The van der Waals surface area contributed by atoms with Gasteiger partial charge >= 0.3 is 17.1 Å². The normalized spacial score (nSPS) is 14.2. The van der Waals surface area contributed by atoms with Crippen LogP contribution in [0, 0.1) is 6.92 Å². The molecule has 0 saturated heterocycles. The summed E-state index contributed by atoms with van der Waals surface area (Å²) in [6.07, 6.45) is 9.26. The zero-order valence-electron chi connectivity index (χ0n) is 12.7. The van der Waals surface area contributed by atoms with E-state index in [-0.39, 0.29) is 22.8 Å². The minimum Gasteiger partial charge on any atom is -0.872 e. The second-order valence-corrected chi connectivity index (χ2v) is 5.11. The van der Waals surface area contributed by atoms with Gasteiger partial charge in [-0.1, -0.05) is 41.7 Å². The summed E-state index contributed by atoms with van der Waals surface area (Å²) in [5, 5.41) is 12.0. The Morgan fingerprint density at radius 2 is 1.74 bits per heavy atom. The van der Waals surface area contributed by atoms with Crippen molar-refractivity contribution >= 4 is 5.76 Å². The Hall–Kier alpha value is -2.35. The fourth-order valence-electron chi connectivity index (χ4n) is 2.27. The average Bonchev–Trinajstić information content (AvgIpc) is 3.24. The van der Waals surface area contributed by atoms with Gasteiger partial charge in [0.15, 0.2) is 0 Å². The van der Waals surface area contributed by atoms with Crippen molar-refractivity contribution in [3.63, 3.8) is 0 Å². The third kappa shape index (κ3) is 4.10. The number of hydrogen-bond donors (Lipinski definition) is 0. The summed E-state index contributed by atoms with van der Waals surface area (Å²) in [5.41, 5.74) is 2.63. The molecular weight excluding hydrogens is 328 g/mol. The SMILES string of the molecule is Cc1ccc2c(c1)C([O-])=CC(=C1C=CC=C1)O2.[Fe+2].c1cc[cH-]c1. The molecule has 2 nitrogen and oxygen atoms in total. The minimum atomic E-state index is 0. The van der Waals surface area contributed by atoms with Crippen LogP contribution in [0.2, 0.25) is 0 Å². The van der Waals surface area contributed by atoms with E-state index >= 15 is 0 Å². The van der Waals surface area contributed by atoms with E-state index in [1.165, 1.54) is 0 Å². The Balaban J connectivity index is 0.000000276. The molecule has 0 N–H and O–H groups in total. The average molecular weight is 344 g/mol. The Bertz CT molecular complexity index is 747. The van der Waals surface area contributed by atoms with Gasteiger partial charge in [0.05, 0.1) is 0 Å². The maximum Gasteiger partial charge on any atom is 2.00 e. The second kappa shape index (κ2) is 7.77. The second-order valence-electron chi connectivity index (χ2n) is 5.11. The topological polar surface area (TPSA) is 32.3 Å². The van der Waals surface area contributed by atoms with E-state index < -0.39 is 0 Å². The Labute approximate surface area is 147 Å². The minimum absolute atomic E-state index is 0. The van der Waals surface area contributed by atoms with Crippen LogP contribution >= 0.6 is 0 Å². The molecule has 1 aliphatic heterocycles. The molecule has 0 aromatic heterocycles. The van der Waals surface area contributed by atoms with E-state index in [0.29, 0.717) is 17.1 Å². The molecule has 2 aromatic rings. The number of rotatable bonds is 0. The van der Waals surface area contributed by atoms with Crippen molar-refractivity contribution in [2.75, 3.05) is 0 Å². The van der Waals surface area contributed by atoms with Gasteiger partial charge in [0, 0.05) is 11.1 Å². The molecule has 116 valence electrons. The van der Waals surface area contributed by atoms with Crippen LogP contribution in [0.1, 0.15) is 11.1 Å². The van der Waals surface area contributed by atoms with Crippen molar-refractivity contribution in [1.29, 1.82) is 0 Å². The van der Waals surface area contributed by atoms with Gasteiger partial charge < -0.3 is 9.84 Å². The van der Waals surface area contributed by atoms with E-state index in [0.717, 1.165) is 11.1 Å². The zero-order valence-corrected chi connectivity index (χ0v) is 13.8. The summed E-state index contributed by atoms with van der Waals surface area (Å²) >= 11 is 0. The van der Waals surface area contributed by atoms with Crippen LogP contribution in [-0.2, 0) is 17.1 Å². The summed E-state index contributed by atoms with van der Waals surface area (Å²) < 4.78 is 5.74.